The van der Waals surface area contributed by atoms with E-state index in [1.54, 1.807) is 0 Å². The molecule has 19 heavy (non-hydrogen) atoms. The molecule has 2 N–H and O–H groups in total. The lowest BCUT2D eigenvalue weighted by Gasteiger charge is -2.17. The lowest BCUT2D eigenvalue weighted by atomic mass is 10.00. The molecule has 0 saturated heterocycles. The first-order valence-corrected chi connectivity index (χ1v) is 6.98. The highest BCUT2D eigenvalue weighted by atomic mass is 16.1. The minimum absolute atomic E-state index is 0.0129. The molecule has 1 aromatic heterocycles. The Morgan fingerprint density at radius 1 is 1.32 bits per heavy atom. The van der Waals surface area contributed by atoms with Gasteiger partial charge in [-0.2, -0.15) is 0 Å². The summed E-state index contributed by atoms with van der Waals surface area (Å²) in [6, 6.07) is 7.93. The van der Waals surface area contributed by atoms with Gasteiger partial charge in [0.15, 0.2) is 0 Å². The van der Waals surface area contributed by atoms with Crippen molar-refractivity contribution in [1.82, 2.24) is 10.3 Å². The molecule has 2 rings (SSSR count). The van der Waals surface area contributed by atoms with Crippen molar-refractivity contribution >= 4 is 16.8 Å². The van der Waals surface area contributed by atoms with Gasteiger partial charge in [-0.15, -0.1) is 0 Å². The normalized spacial score (nSPS) is 14.3. The lowest BCUT2D eigenvalue weighted by Crippen LogP contribution is -2.33. The van der Waals surface area contributed by atoms with Crippen LogP contribution in [-0.4, -0.2) is 16.9 Å². The minimum atomic E-state index is 0.0129. The van der Waals surface area contributed by atoms with Crippen molar-refractivity contribution in [2.45, 2.75) is 39.7 Å². The molecular formula is C16H22N2O. The molecule has 0 spiro atoms. The summed E-state index contributed by atoms with van der Waals surface area (Å²) in [5, 5.41) is 4.14. The van der Waals surface area contributed by atoms with Gasteiger partial charge in [-0.3, -0.25) is 4.79 Å². The van der Waals surface area contributed by atoms with Crippen molar-refractivity contribution in [3.05, 3.63) is 36.0 Å². The van der Waals surface area contributed by atoms with E-state index < -0.39 is 0 Å². The van der Waals surface area contributed by atoms with E-state index in [1.807, 2.05) is 30.5 Å². The van der Waals surface area contributed by atoms with Crippen LogP contribution in [0.5, 0.6) is 0 Å². The zero-order valence-corrected chi connectivity index (χ0v) is 11.9. The van der Waals surface area contributed by atoms with Crippen LogP contribution in [-0.2, 0) is 0 Å². The topological polar surface area (TPSA) is 44.9 Å². The van der Waals surface area contributed by atoms with Crippen molar-refractivity contribution < 1.29 is 4.79 Å². The number of carbonyl (C=O) groups is 1. The van der Waals surface area contributed by atoms with E-state index in [1.165, 1.54) is 0 Å². The number of benzene rings is 1. The molecule has 0 bridgehead atoms. The molecule has 2 unspecified atom stereocenters. The van der Waals surface area contributed by atoms with Gasteiger partial charge >= 0.3 is 0 Å². The Bertz CT molecular complexity index is 559. The number of H-pyrrole nitrogens is 1. The molecule has 2 atom stereocenters. The van der Waals surface area contributed by atoms with Crippen LogP contribution in [0, 0.1) is 5.92 Å². The predicted molar refractivity (Wildman–Crippen MR) is 79.3 cm³/mol. The number of amides is 1. The summed E-state index contributed by atoms with van der Waals surface area (Å²) in [6.45, 7) is 6.46. The summed E-state index contributed by atoms with van der Waals surface area (Å²) in [5.74, 6) is 0.654. The quantitative estimate of drug-likeness (QED) is 0.843. The van der Waals surface area contributed by atoms with Gasteiger partial charge < -0.3 is 10.3 Å². The Morgan fingerprint density at radius 2 is 2.11 bits per heavy atom. The summed E-state index contributed by atoms with van der Waals surface area (Å²) >= 11 is 0. The van der Waals surface area contributed by atoms with Crippen molar-refractivity contribution in [3.63, 3.8) is 0 Å². The first-order chi connectivity index (χ1) is 9.10. The Hall–Kier alpha value is -1.77. The third kappa shape index (κ3) is 3.37. The molecule has 0 aliphatic rings. The van der Waals surface area contributed by atoms with Gasteiger partial charge in [-0.25, -0.2) is 0 Å². The number of aromatic amines is 1. The van der Waals surface area contributed by atoms with Crippen LogP contribution in [0.4, 0.5) is 0 Å². The fourth-order valence-corrected chi connectivity index (χ4v) is 2.33. The molecule has 3 nitrogen and oxygen atoms in total. The number of hydrogen-bond acceptors (Lipinski definition) is 1. The third-order valence-electron chi connectivity index (χ3n) is 3.65. The second kappa shape index (κ2) is 5.91. The number of aromatic nitrogens is 1. The Balaban J connectivity index is 2.02. The van der Waals surface area contributed by atoms with Gasteiger partial charge in [0.25, 0.3) is 5.91 Å². The molecule has 0 aliphatic carbocycles. The highest BCUT2D eigenvalue weighted by Gasteiger charge is 2.12. The van der Waals surface area contributed by atoms with Crippen LogP contribution in [0.3, 0.4) is 0 Å². The Kier molecular flexibility index (Phi) is 4.25. The molecule has 0 aliphatic heterocycles. The van der Waals surface area contributed by atoms with Crippen LogP contribution in [0.25, 0.3) is 10.9 Å². The molecule has 0 radical (unpaired) electrons. The molecular weight excluding hydrogens is 236 g/mol. The summed E-state index contributed by atoms with van der Waals surface area (Å²) < 4.78 is 0. The van der Waals surface area contributed by atoms with Crippen LogP contribution >= 0.6 is 0 Å². The average Bonchev–Trinajstić information content (AvgIpc) is 2.85. The predicted octanol–water partition coefficient (Wildman–Crippen LogP) is 3.72. The molecule has 1 aromatic carbocycles. The second-order valence-electron chi connectivity index (χ2n) is 5.40. The maximum absolute atomic E-state index is 12.2. The van der Waals surface area contributed by atoms with Gasteiger partial charge in [0, 0.05) is 28.7 Å². The first kappa shape index (κ1) is 13.7. The number of hydrogen-bond donors (Lipinski definition) is 2. The molecule has 102 valence electrons. The zero-order chi connectivity index (χ0) is 13.8. The summed E-state index contributed by atoms with van der Waals surface area (Å²) in [6.07, 6.45) is 4.06. The summed E-state index contributed by atoms with van der Waals surface area (Å²) in [7, 11) is 0. The number of rotatable bonds is 5. The van der Waals surface area contributed by atoms with E-state index in [9.17, 15) is 4.79 Å². The highest BCUT2D eigenvalue weighted by Crippen LogP contribution is 2.15. The monoisotopic (exact) mass is 258 g/mol. The molecule has 0 fully saturated rings. The van der Waals surface area contributed by atoms with Crippen molar-refractivity contribution in [2.75, 3.05) is 0 Å². The molecule has 1 heterocycles. The van der Waals surface area contributed by atoms with Crippen LogP contribution in [0.1, 0.15) is 44.0 Å². The average molecular weight is 258 g/mol. The molecule has 3 heteroatoms. The Labute approximate surface area is 114 Å². The van der Waals surface area contributed by atoms with Gasteiger partial charge in [0.1, 0.15) is 0 Å². The molecule has 2 aromatic rings. The maximum Gasteiger partial charge on any atom is 0.251 e. The molecule has 1 amide bonds. The fourth-order valence-electron chi connectivity index (χ4n) is 2.33. The van der Waals surface area contributed by atoms with E-state index in [0.717, 1.165) is 29.3 Å². The fraction of sp³-hybridized carbons (Fsp3) is 0.438. The zero-order valence-electron chi connectivity index (χ0n) is 11.9. The van der Waals surface area contributed by atoms with Crippen molar-refractivity contribution in [2.24, 2.45) is 5.92 Å². The van der Waals surface area contributed by atoms with E-state index in [4.69, 9.17) is 0 Å². The Morgan fingerprint density at radius 3 is 2.84 bits per heavy atom. The second-order valence-corrected chi connectivity index (χ2v) is 5.40. The highest BCUT2D eigenvalue weighted by molar-refractivity contribution is 5.98. The first-order valence-electron chi connectivity index (χ1n) is 6.98. The third-order valence-corrected chi connectivity index (χ3v) is 3.65. The van der Waals surface area contributed by atoms with Gasteiger partial charge in [-0.05, 0) is 43.5 Å². The van der Waals surface area contributed by atoms with Crippen LogP contribution in [0.2, 0.25) is 0 Å². The number of nitrogens with one attached hydrogen (secondary N) is 2. The summed E-state index contributed by atoms with van der Waals surface area (Å²) in [4.78, 5) is 15.3. The van der Waals surface area contributed by atoms with E-state index in [2.05, 4.69) is 31.1 Å². The van der Waals surface area contributed by atoms with Gasteiger partial charge in [-0.1, -0.05) is 20.3 Å². The number of carbonyl (C=O) groups excluding carboxylic acids is 1. The smallest absolute Gasteiger partial charge is 0.251 e. The minimum Gasteiger partial charge on any atom is -0.361 e. The van der Waals surface area contributed by atoms with Gasteiger partial charge in [0.05, 0.1) is 0 Å². The van der Waals surface area contributed by atoms with Gasteiger partial charge in [0.2, 0.25) is 0 Å². The standard InChI is InChI=1S/C16H22N2O/c1-4-11(2)9-12(3)18-16(19)14-5-6-15-13(10-14)7-8-17-15/h5-8,10-12,17H,4,9H2,1-3H3,(H,18,19). The summed E-state index contributed by atoms with van der Waals surface area (Å²) in [5.41, 5.74) is 1.78. The maximum atomic E-state index is 12.2. The molecule has 0 saturated carbocycles. The van der Waals surface area contributed by atoms with Crippen molar-refractivity contribution in [1.29, 1.82) is 0 Å². The lowest BCUT2D eigenvalue weighted by molar-refractivity contribution is 0.0935. The van der Waals surface area contributed by atoms with E-state index in [0.29, 0.717) is 5.92 Å². The van der Waals surface area contributed by atoms with Crippen LogP contribution in [0.15, 0.2) is 30.5 Å². The largest absolute Gasteiger partial charge is 0.361 e. The van der Waals surface area contributed by atoms with Crippen LogP contribution < -0.4 is 5.32 Å². The van der Waals surface area contributed by atoms with E-state index >= 15 is 0 Å². The van der Waals surface area contributed by atoms with E-state index in [-0.39, 0.29) is 11.9 Å². The SMILES string of the molecule is CCC(C)CC(C)NC(=O)c1ccc2[nH]ccc2c1. The van der Waals surface area contributed by atoms with Crippen molar-refractivity contribution in [3.8, 4) is 0 Å². The number of fused-ring (bicyclic) bond motifs is 1.